The third kappa shape index (κ3) is 3.88. The highest BCUT2D eigenvalue weighted by Crippen LogP contribution is 2.31. The first-order chi connectivity index (χ1) is 16.5. The highest BCUT2D eigenvalue weighted by molar-refractivity contribution is 6.33. The van der Waals surface area contributed by atoms with Crippen LogP contribution in [-0.4, -0.2) is 42.0 Å². The van der Waals surface area contributed by atoms with Crippen LogP contribution in [0.25, 0.3) is 17.4 Å². The van der Waals surface area contributed by atoms with Gasteiger partial charge in [0.1, 0.15) is 11.6 Å². The summed E-state index contributed by atoms with van der Waals surface area (Å²) in [5, 5.41) is 14.1. The van der Waals surface area contributed by atoms with Crippen LogP contribution >= 0.6 is 11.6 Å². The lowest BCUT2D eigenvalue weighted by Gasteiger charge is -2.13. The van der Waals surface area contributed by atoms with E-state index >= 15 is 0 Å². The molecule has 11 heteroatoms. The Morgan fingerprint density at radius 2 is 2.09 bits per heavy atom. The van der Waals surface area contributed by atoms with Gasteiger partial charge in [-0.1, -0.05) is 11.6 Å². The molecule has 1 saturated carbocycles. The van der Waals surface area contributed by atoms with Crippen LogP contribution < -0.4 is 16.0 Å². The number of halogens is 1. The average molecular weight is 475 g/mol. The van der Waals surface area contributed by atoms with Gasteiger partial charge in [-0.15, -0.1) is 0 Å². The number of fused-ring (bicyclic) bond motifs is 1. The lowest BCUT2D eigenvalue weighted by atomic mass is 10.1. The largest absolute Gasteiger partial charge is 0.367 e. The number of amides is 2. The Kier molecular flexibility index (Phi) is 4.80. The molecule has 0 unspecified atom stereocenters. The first-order valence-corrected chi connectivity index (χ1v) is 11.2. The molecule has 2 aliphatic rings. The van der Waals surface area contributed by atoms with Crippen LogP contribution in [-0.2, 0) is 9.59 Å². The maximum atomic E-state index is 12.0. The summed E-state index contributed by atoms with van der Waals surface area (Å²) < 4.78 is 3.57. The van der Waals surface area contributed by atoms with E-state index in [-0.39, 0.29) is 18.2 Å². The number of hydrogen-bond donors (Lipinski definition) is 3. The van der Waals surface area contributed by atoms with Gasteiger partial charge in [0.15, 0.2) is 5.65 Å². The molecule has 0 radical (unpaired) electrons. The van der Waals surface area contributed by atoms with Crippen LogP contribution in [0.5, 0.6) is 0 Å². The van der Waals surface area contributed by atoms with Gasteiger partial charge in [-0.05, 0) is 37.1 Å². The van der Waals surface area contributed by atoms with Gasteiger partial charge < -0.3 is 15.2 Å². The number of rotatable bonds is 6. The number of carbonyl (C=O) groups is 2. The molecule has 0 atom stereocenters. The van der Waals surface area contributed by atoms with Gasteiger partial charge in [-0.3, -0.25) is 14.9 Å². The molecule has 3 aromatic heterocycles. The number of benzene rings is 1. The van der Waals surface area contributed by atoms with Crippen molar-refractivity contribution in [3.8, 4) is 5.69 Å². The number of carbonyl (C=O) groups excluding carboxylic acids is 2. The van der Waals surface area contributed by atoms with Gasteiger partial charge in [-0.2, -0.15) is 9.61 Å². The Labute approximate surface area is 198 Å². The number of imidazole rings is 1. The molecular formula is C23H19ClN8O2. The van der Waals surface area contributed by atoms with Crippen molar-refractivity contribution in [2.24, 2.45) is 0 Å². The minimum atomic E-state index is -0.389. The van der Waals surface area contributed by atoms with Crippen LogP contribution in [0.15, 0.2) is 54.8 Å². The monoisotopic (exact) mass is 474 g/mol. The van der Waals surface area contributed by atoms with Crippen LogP contribution in [0.4, 0.5) is 17.3 Å². The summed E-state index contributed by atoms with van der Waals surface area (Å²) in [6.07, 6.45) is 10.8. The van der Waals surface area contributed by atoms with Crippen molar-refractivity contribution in [1.82, 2.24) is 29.5 Å². The van der Waals surface area contributed by atoms with Crippen molar-refractivity contribution in [2.75, 3.05) is 10.6 Å². The van der Waals surface area contributed by atoms with Crippen LogP contribution in [0.1, 0.15) is 24.8 Å². The number of imide groups is 1. The van der Waals surface area contributed by atoms with Gasteiger partial charge in [-0.25, -0.2) is 9.97 Å². The maximum Gasteiger partial charge on any atom is 0.254 e. The van der Waals surface area contributed by atoms with E-state index in [9.17, 15) is 9.59 Å². The van der Waals surface area contributed by atoms with Crippen molar-refractivity contribution >= 4 is 52.5 Å². The molecule has 4 heterocycles. The molecular weight excluding hydrogens is 456 g/mol. The fourth-order valence-electron chi connectivity index (χ4n) is 3.81. The van der Waals surface area contributed by atoms with Gasteiger partial charge in [0.05, 0.1) is 29.7 Å². The highest BCUT2D eigenvalue weighted by atomic mass is 35.5. The van der Waals surface area contributed by atoms with E-state index in [1.165, 1.54) is 0 Å². The molecule has 1 saturated heterocycles. The van der Waals surface area contributed by atoms with Crippen molar-refractivity contribution in [3.63, 3.8) is 0 Å². The number of aromatic nitrogens is 5. The summed E-state index contributed by atoms with van der Waals surface area (Å²) in [5.74, 6) is 0.644. The van der Waals surface area contributed by atoms with E-state index in [2.05, 4.69) is 26.0 Å². The fourth-order valence-corrected chi connectivity index (χ4v) is 4.03. The van der Waals surface area contributed by atoms with Crippen molar-refractivity contribution in [1.29, 1.82) is 0 Å². The molecule has 1 aromatic carbocycles. The van der Waals surface area contributed by atoms with Gasteiger partial charge in [0.25, 0.3) is 5.91 Å². The highest BCUT2D eigenvalue weighted by Gasteiger charge is 2.26. The molecule has 0 bridgehead atoms. The quantitative estimate of drug-likeness (QED) is 0.290. The van der Waals surface area contributed by atoms with E-state index in [1.807, 2.05) is 35.0 Å². The van der Waals surface area contributed by atoms with Crippen LogP contribution in [0.2, 0.25) is 5.02 Å². The van der Waals surface area contributed by atoms with E-state index in [0.717, 1.165) is 24.3 Å². The molecule has 10 nitrogen and oxygen atoms in total. The summed E-state index contributed by atoms with van der Waals surface area (Å²) in [6.45, 7) is 0. The lowest BCUT2D eigenvalue weighted by molar-refractivity contribution is -0.124. The molecule has 1 aliphatic carbocycles. The number of nitrogens with zero attached hydrogens (tertiary/aromatic N) is 5. The first-order valence-electron chi connectivity index (χ1n) is 10.8. The average Bonchev–Trinajstić information content (AvgIpc) is 3.18. The molecule has 2 fully saturated rings. The molecule has 3 N–H and O–H groups in total. The van der Waals surface area contributed by atoms with E-state index in [4.69, 9.17) is 16.6 Å². The van der Waals surface area contributed by atoms with E-state index in [0.29, 0.717) is 39.4 Å². The van der Waals surface area contributed by atoms with Gasteiger partial charge in [0, 0.05) is 41.3 Å². The maximum absolute atomic E-state index is 12.0. The zero-order valence-electron chi connectivity index (χ0n) is 17.8. The minimum absolute atomic E-state index is 0.0418. The number of hydrogen-bond acceptors (Lipinski definition) is 7. The Hall–Kier alpha value is -4.18. The summed E-state index contributed by atoms with van der Waals surface area (Å²) >= 11 is 6.56. The van der Waals surface area contributed by atoms with E-state index < -0.39 is 0 Å². The normalized spacial score (nSPS) is 16.9. The zero-order valence-corrected chi connectivity index (χ0v) is 18.6. The Balaban J connectivity index is 1.38. The number of anilines is 3. The summed E-state index contributed by atoms with van der Waals surface area (Å²) in [6, 6.07) is 7.92. The Morgan fingerprint density at radius 1 is 1.21 bits per heavy atom. The standard InChI is InChI=1S/C23H19ClN8O2/c24-17-9-16(31-6-5-25-12-31)3-4-18(17)28-19-10-20(27-15-1-2-15)32-22(29-19)14(11-26-32)7-13-8-21(33)30-23(13)34/h3-7,9-12,15,27H,1-2,8H2,(H,28,29)(H,30,33,34)/b13-7+. The van der Waals surface area contributed by atoms with Gasteiger partial charge in [0.2, 0.25) is 5.91 Å². The van der Waals surface area contributed by atoms with Crippen LogP contribution in [0, 0.1) is 0 Å². The smallest absolute Gasteiger partial charge is 0.254 e. The molecule has 1 aliphatic heterocycles. The second-order valence-electron chi connectivity index (χ2n) is 8.26. The zero-order chi connectivity index (χ0) is 23.2. The Morgan fingerprint density at radius 3 is 2.79 bits per heavy atom. The second-order valence-corrected chi connectivity index (χ2v) is 8.67. The second kappa shape index (κ2) is 7.99. The van der Waals surface area contributed by atoms with Crippen LogP contribution in [0.3, 0.4) is 0 Å². The topological polar surface area (TPSA) is 118 Å². The third-order valence-corrected chi connectivity index (χ3v) is 5.98. The van der Waals surface area contributed by atoms with Crippen molar-refractivity contribution in [3.05, 3.63) is 65.3 Å². The summed E-state index contributed by atoms with van der Waals surface area (Å²) in [7, 11) is 0. The van der Waals surface area contributed by atoms with E-state index in [1.54, 1.807) is 29.3 Å². The third-order valence-electron chi connectivity index (χ3n) is 5.67. The predicted octanol–water partition coefficient (Wildman–Crippen LogP) is 3.32. The molecule has 170 valence electrons. The van der Waals surface area contributed by atoms with Crippen molar-refractivity contribution < 1.29 is 9.59 Å². The molecule has 0 spiro atoms. The molecule has 6 rings (SSSR count). The number of nitrogens with one attached hydrogen (secondary N) is 3. The van der Waals surface area contributed by atoms with Gasteiger partial charge >= 0.3 is 0 Å². The minimum Gasteiger partial charge on any atom is -0.367 e. The molecule has 2 amide bonds. The van der Waals surface area contributed by atoms with Crippen molar-refractivity contribution in [2.45, 2.75) is 25.3 Å². The molecule has 4 aromatic rings. The lowest BCUT2D eigenvalue weighted by Crippen LogP contribution is -2.19. The first kappa shape index (κ1) is 20.4. The predicted molar refractivity (Wildman–Crippen MR) is 127 cm³/mol. The SMILES string of the molecule is O=C1C/C(=C\c2cnn3c(NC4CC4)cc(Nc4ccc(-n5ccnc5)cc4Cl)nc23)C(=O)N1. The Bertz CT molecular complexity index is 1470. The summed E-state index contributed by atoms with van der Waals surface area (Å²) in [5.41, 5.74) is 3.17. The fraction of sp³-hybridized carbons (Fsp3) is 0.174. The molecule has 34 heavy (non-hydrogen) atoms. The summed E-state index contributed by atoms with van der Waals surface area (Å²) in [4.78, 5) is 32.4.